The van der Waals surface area contributed by atoms with Crippen LogP contribution in [0, 0.1) is 29.1 Å². The lowest BCUT2D eigenvalue weighted by Gasteiger charge is -2.36. The van der Waals surface area contributed by atoms with Crippen LogP contribution in [0.3, 0.4) is 0 Å². The molecule has 1 spiro atoms. The standard InChI is InChI=1S/C20H26/c1-6-12-20(13-7-1)15-17-10-4-5-11-18(17)19(20)14-16-8-2-3-9-16/h1,4-7,10-12,16-19H,2-3,8-9,13-15H2/t17-,18?,19?,20?/m0/s1. The number of allylic oxidation sites excluding steroid dienone is 8. The van der Waals surface area contributed by atoms with Gasteiger partial charge < -0.3 is 0 Å². The average Bonchev–Trinajstić information content (AvgIpc) is 3.08. The van der Waals surface area contributed by atoms with Crippen LogP contribution in [0.5, 0.6) is 0 Å². The zero-order chi connectivity index (χ0) is 13.4. The normalized spacial score (nSPS) is 42.7. The fraction of sp³-hybridized carbons (Fsp3) is 0.600. The van der Waals surface area contributed by atoms with Crippen LogP contribution >= 0.6 is 0 Å². The monoisotopic (exact) mass is 266 g/mol. The summed E-state index contributed by atoms with van der Waals surface area (Å²) in [6.45, 7) is 0. The molecule has 20 heavy (non-hydrogen) atoms. The number of rotatable bonds is 2. The van der Waals surface area contributed by atoms with Crippen molar-refractivity contribution in [2.45, 2.75) is 44.9 Å². The topological polar surface area (TPSA) is 0 Å². The summed E-state index contributed by atoms with van der Waals surface area (Å²) in [4.78, 5) is 0. The second-order valence-electron chi connectivity index (χ2n) is 7.43. The summed E-state index contributed by atoms with van der Waals surface area (Å²) in [6, 6.07) is 0. The predicted molar refractivity (Wildman–Crippen MR) is 85.3 cm³/mol. The van der Waals surface area contributed by atoms with Crippen molar-refractivity contribution in [3.63, 3.8) is 0 Å². The van der Waals surface area contributed by atoms with Crippen LogP contribution in [-0.2, 0) is 0 Å². The van der Waals surface area contributed by atoms with Crippen LogP contribution < -0.4 is 0 Å². The minimum atomic E-state index is 0.464. The summed E-state index contributed by atoms with van der Waals surface area (Å²) in [6.07, 6.45) is 29.1. The molecule has 4 atom stereocenters. The second-order valence-corrected chi connectivity index (χ2v) is 7.43. The molecule has 0 aromatic heterocycles. The Morgan fingerprint density at radius 2 is 1.80 bits per heavy atom. The van der Waals surface area contributed by atoms with Gasteiger partial charge in [-0.2, -0.15) is 0 Å². The van der Waals surface area contributed by atoms with E-state index in [9.17, 15) is 0 Å². The smallest absolute Gasteiger partial charge is 0.00406 e. The van der Waals surface area contributed by atoms with Crippen LogP contribution in [-0.4, -0.2) is 0 Å². The number of fused-ring (bicyclic) bond motifs is 1. The van der Waals surface area contributed by atoms with Gasteiger partial charge in [-0.05, 0) is 48.3 Å². The quantitative estimate of drug-likeness (QED) is 0.623. The summed E-state index contributed by atoms with van der Waals surface area (Å²) < 4.78 is 0. The fourth-order valence-electron chi connectivity index (χ4n) is 5.39. The Morgan fingerprint density at radius 1 is 0.950 bits per heavy atom. The van der Waals surface area contributed by atoms with E-state index >= 15 is 0 Å². The summed E-state index contributed by atoms with van der Waals surface area (Å²) in [5, 5.41) is 0. The van der Waals surface area contributed by atoms with Crippen LogP contribution in [0.25, 0.3) is 0 Å². The first-order valence-electron chi connectivity index (χ1n) is 8.57. The molecule has 0 bridgehead atoms. The van der Waals surface area contributed by atoms with Crippen molar-refractivity contribution in [3.8, 4) is 0 Å². The highest BCUT2D eigenvalue weighted by Crippen LogP contribution is 2.58. The fourth-order valence-corrected chi connectivity index (χ4v) is 5.39. The van der Waals surface area contributed by atoms with Crippen molar-refractivity contribution in [2.75, 3.05) is 0 Å². The molecule has 0 aliphatic heterocycles. The first kappa shape index (κ1) is 12.7. The minimum Gasteiger partial charge on any atom is -0.0837 e. The molecule has 3 unspecified atom stereocenters. The molecule has 0 aromatic rings. The van der Waals surface area contributed by atoms with E-state index in [2.05, 4.69) is 48.6 Å². The average molecular weight is 266 g/mol. The van der Waals surface area contributed by atoms with Gasteiger partial charge in [0.2, 0.25) is 0 Å². The Kier molecular flexibility index (Phi) is 3.21. The lowest BCUT2D eigenvalue weighted by Crippen LogP contribution is -2.28. The van der Waals surface area contributed by atoms with Gasteiger partial charge in [0.15, 0.2) is 0 Å². The van der Waals surface area contributed by atoms with E-state index in [0.717, 1.165) is 23.7 Å². The SMILES string of the molecule is C1=CCC2(C=C1)C[C@@H]1C=CC=CC1C2CC1CCCC1. The third-order valence-corrected chi connectivity index (χ3v) is 6.35. The van der Waals surface area contributed by atoms with E-state index in [1.165, 1.54) is 44.9 Å². The summed E-state index contributed by atoms with van der Waals surface area (Å²) >= 11 is 0. The molecule has 2 saturated carbocycles. The van der Waals surface area contributed by atoms with Gasteiger partial charge in [0.1, 0.15) is 0 Å². The Hall–Kier alpha value is -1.04. The Labute approximate surface area is 123 Å². The van der Waals surface area contributed by atoms with E-state index in [1.54, 1.807) is 0 Å². The maximum Gasteiger partial charge on any atom is -0.00406 e. The molecule has 0 heterocycles. The van der Waals surface area contributed by atoms with Crippen LogP contribution in [0.2, 0.25) is 0 Å². The number of hydrogen-bond donors (Lipinski definition) is 0. The minimum absolute atomic E-state index is 0.464. The summed E-state index contributed by atoms with van der Waals surface area (Å²) in [5.74, 6) is 3.48. The molecule has 4 rings (SSSR count). The highest BCUT2D eigenvalue weighted by Gasteiger charge is 2.50. The molecule has 0 nitrogen and oxygen atoms in total. The van der Waals surface area contributed by atoms with Gasteiger partial charge in [0.25, 0.3) is 0 Å². The third kappa shape index (κ3) is 2.05. The molecule has 4 aliphatic carbocycles. The molecule has 106 valence electrons. The van der Waals surface area contributed by atoms with Crippen LogP contribution in [0.15, 0.2) is 48.6 Å². The zero-order valence-corrected chi connectivity index (χ0v) is 12.4. The molecule has 2 fully saturated rings. The van der Waals surface area contributed by atoms with Crippen molar-refractivity contribution >= 4 is 0 Å². The second kappa shape index (κ2) is 5.06. The van der Waals surface area contributed by atoms with Gasteiger partial charge in [-0.15, -0.1) is 0 Å². The molecule has 0 saturated heterocycles. The predicted octanol–water partition coefficient (Wildman–Crippen LogP) is 5.45. The van der Waals surface area contributed by atoms with E-state index in [-0.39, 0.29) is 0 Å². The lowest BCUT2D eigenvalue weighted by molar-refractivity contribution is 0.202. The highest BCUT2D eigenvalue weighted by molar-refractivity contribution is 5.27. The van der Waals surface area contributed by atoms with Crippen molar-refractivity contribution in [3.05, 3.63) is 48.6 Å². The van der Waals surface area contributed by atoms with Gasteiger partial charge >= 0.3 is 0 Å². The van der Waals surface area contributed by atoms with Gasteiger partial charge in [-0.3, -0.25) is 0 Å². The molecule has 0 radical (unpaired) electrons. The molecule has 4 aliphatic rings. The highest BCUT2D eigenvalue weighted by atomic mass is 14.5. The Bertz CT molecular complexity index is 472. The maximum atomic E-state index is 2.56. The van der Waals surface area contributed by atoms with Crippen molar-refractivity contribution in [1.29, 1.82) is 0 Å². The molecular formula is C20H26. The Morgan fingerprint density at radius 3 is 2.60 bits per heavy atom. The van der Waals surface area contributed by atoms with Crippen molar-refractivity contribution < 1.29 is 0 Å². The van der Waals surface area contributed by atoms with E-state index in [0.29, 0.717) is 5.41 Å². The van der Waals surface area contributed by atoms with Gasteiger partial charge in [0, 0.05) is 0 Å². The van der Waals surface area contributed by atoms with Gasteiger partial charge in [-0.1, -0.05) is 74.3 Å². The first-order valence-corrected chi connectivity index (χ1v) is 8.57. The van der Waals surface area contributed by atoms with E-state index in [1.807, 2.05) is 0 Å². The van der Waals surface area contributed by atoms with Gasteiger partial charge in [0.05, 0.1) is 0 Å². The molecule has 0 N–H and O–H groups in total. The van der Waals surface area contributed by atoms with Gasteiger partial charge in [-0.25, -0.2) is 0 Å². The van der Waals surface area contributed by atoms with Crippen molar-refractivity contribution in [1.82, 2.24) is 0 Å². The van der Waals surface area contributed by atoms with E-state index in [4.69, 9.17) is 0 Å². The Balaban J connectivity index is 1.62. The molecule has 0 amide bonds. The molecule has 0 heteroatoms. The third-order valence-electron chi connectivity index (χ3n) is 6.35. The maximum absolute atomic E-state index is 2.56. The molecule has 0 aromatic carbocycles. The van der Waals surface area contributed by atoms with E-state index < -0.39 is 0 Å². The summed E-state index contributed by atoms with van der Waals surface area (Å²) in [7, 11) is 0. The number of hydrogen-bond acceptors (Lipinski definition) is 0. The zero-order valence-electron chi connectivity index (χ0n) is 12.4. The van der Waals surface area contributed by atoms with Crippen molar-refractivity contribution in [2.24, 2.45) is 29.1 Å². The molecular weight excluding hydrogens is 240 g/mol. The van der Waals surface area contributed by atoms with Crippen LogP contribution in [0.1, 0.15) is 44.9 Å². The lowest BCUT2D eigenvalue weighted by atomic mass is 9.68. The first-order chi connectivity index (χ1) is 9.87. The van der Waals surface area contributed by atoms with Crippen LogP contribution in [0.4, 0.5) is 0 Å². The largest absolute Gasteiger partial charge is 0.0837 e. The summed E-state index contributed by atoms with van der Waals surface area (Å²) in [5.41, 5.74) is 0.464.